The van der Waals surface area contributed by atoms with Crippen LogP contribution >= 0.6 is 0 Å². The molecule has 2 heteroatoms. The van der Waals surface area contributed by atoms with E-state index in [0.29, 0.717) is 0 Å². The predicted octanol–water partition coefficient (Wildman–Crippen LogP) is 1.55. The minimum Gasteiger partial charge on any atom is -0.377 e. The molecule has 0 aliphatic heterocycles. The summed E-state index contributed by atoms with van der Waals surface area (Å²) in [4.78, 5) is 4.12. The first-order valence-corrected chi connectivity index (χ1v) is 3.11. The highest BCUT2D eigenvalue weighted by atomic mass is 15.0. The van der Waals surface area contributed by atoms with E-state index in [-0.39, 0.29) is 0 Å². The van der Waals surface area contributed by atoms with Crippen LogP contribution in [0.1, 0.15) is 20.3 Å². The van der Waals surface area contributed by atoms with Crippen molar-refractivity contribution in [3.63, 3.8) is 0 Å². The van der Waals surface area contributed by atoms with E-state index in [0.717, 1.165) is 18.0 Å². The number of rotatable bonds is 2. The van der Waals surface area contributed by atoms with Gasteiger partial charge in [0.25, 0.3) is 0 Å². The van der Waals surface area contributed by atoms with Gasteiger partial charge in [-0.15, -0.1) is 0 Å². The molecule has 0 bridgehead atoms. The first kappa shape index (κ1) is 8.21. The molecule has 0 aromatic heterocycles. The highest BCUT2D eigenvalue weighted by molar-refractivity contribution is 5.80. The first-order valence-electron chi connectivity index (χ1n) is 3.11. The Morgan fingerprint density at radius 3 is 2.56 bits per heavy atom. The molecule has 0 aliphatic carbocycles. The summed E-state index contributed by atoms with van der Waals surface area (Å²) < 4.78 is 0. The van der Waals surface area contributed by atoms with Gasteiger partial charge in [-0.05, 0) is 13.3 Å². The van der Waals surface area contributed by atoms with Crippen LogP contribution in [-0.2, 0) is 0 Å². The van der Waals surface area contributed by atoms with E-state index in [1.54, 1.807) is 0 Å². The topological polar surface area (TPSA) is 24.4 Å². The Morgan fingerprint density at radius 1 is 1.67 bits per heavy atom. The van der Waals surface area contributed by atoms with Crippen molar-refractivity contribution in [1.82, 2.24) is 5.32 Å². The molecule has 0 heterocycles. The zero-order chi connectivity index (χ0) is 7.28. The van der Waals surface area contributed by atoms with Crippen LogP contribution in [0.2, 0.25) is 0 Å². The highest BCUT2D eigenvalue weighted by Gasteiger charge is 1.85. The summed E-state index contributed by atoms with van der Waals surface area (Å²) in [5, 5.41) is 2.92. The normalized spacial score (nSPS) is 11.2. The second kappa shape index (κ2) is 4.13. The van der Waals surface area contributed by atoms with Crippen LogP contribution in [0.4, 0.5) is 0 Å². The van der Waals surface area contributed by atoms with Crippen LogP contribution in [0.5, 0.6) is 0 Å². The average molecular weight is 126 g/mol. The number of hydrogen-bond acceptors (Lipinski definition) is 1. The van der Waals surface area contributed by atoms with Crippen molar-refractivity contribution < 1.29 is 0 Å². The Bertz CT molecular complexity index is 125. The molecular weight excluding hydrogens is 112 g/mol. The van der Waals surface area contributed by atoms with Crippen molar-refractivity contribution in [2.75, 3.05) is 7.05 Å². The summed E-state index contributed by atoms with van der Waals surface area (Å²) in [5.41, 5.74) is 0.918. The van der Waals surface area contributed by atoms with Crippen molar-refractivity contribution in [2.24, 2.45) is 4.99 Å². The van der Waals surface area contributed by atoms with Crippen molar-refractivity contribution in [3.05, 3.63) is 12.3 Å². The lowest BCUT2D eigenvalue weighted by molar-refractivity contribution is 1.05. The molecule has 0 aromatic rings. The van der Waals surface area contributed by atoms with E-state index in [1.807, 2.05) is 20.9 Å². The second-order valence-corrected chi connectivity index (χ2v) is 1.87. The minimum absolute atomic E-state index is 0.916. The quantitative estimate of drug-likeness (QED) is 0.440. The van der Waals surface area contributed by atoms with E-state index in [2.05, 4.69) is 16.9 Å². The smallest absolute Gasteiger partial charge is 0.0984 e. The molecule has 0 saturated carbocycles. The fraction of sp³-hybridized carbons (Fsp3) is 0.571. The summed E-state index contributed by atoms with van der Waals surface area (Å²) in [7, 11) is 1.85. The summed E-state index contributed by atoms with van der Waals surface area (Å²) in [6, 6.07) is 0. The van der Waals surface area contributed by atoms with Gasteiger partial charge in [0.05, 0.1) is 5.84 Å². The lowest BCUT2D eigenvalue weighted by atomic mass is 10.4. The van der Waals surface area contributed by atoms with Crippen LogP contribution in [0.25, 0.3) is 0 Å². The third-order valence-electron chi connectivity index (χ3n) is 1.10. The Hall–Kier alpha value is -0.790. The number of amidine groups is 1. The Morgan fingerprint density at radius 2 is 2.22 bits per heavy atom. The SMILES string of the molecule is C=C(CC)/N=C(/C)NC. The Kier molecular flexibility index (Phi) is 3.76. The van der Waals surface area contributed by atoms with Gasteiger partial charge in [0.2, 0.25) is 0 Å². The number of aliphatic imine (C=N–C) groups is 1. The molecule has 52 valence electrons. The zero-order valence-electron chi connectivity index (χ0n) is 6.36. The maximum absolute atomic E-state index is 4.12. The molecule has 0 spiro atoms. The second-order valence-electron chi connectivity index (χ2n) is 1.87. The average Bonchev–Trinajstić information content (AvgIpc) is 1.87. The van der Waals surface area contributed by atoms with E-state index in [4.69, 9.17) is 0 Å². The first-order chi connectivity index (χ1) is 4.20. The third kappa shape index (κ3) is 3.76. The molecule has 0 atom stereocenters. The zero-order valence-corrected chi connectivity index (χ0v) is 6.36. The van der Waals surface area contributed by atoms with Gasteiger partial charge >= 0.3 is 0 Å². The lowest BCUT2D eigenvalue weighted by Crippen LogP contribution is -2.13. The van der Waals surface area contributed by atoms with Gasteiger partial charge in [0.15, 0.2) is 0 Å². The molecule has 0 fully saturated rings. The van der Waals surface area contributed by atoms with Crippen molar-refractivity contribution >= 4 is 5.84 Å². The highest BCUT2D eigenvalue weighted by Crippen LogP contribution is 1.96. The van der Waals surface area contributed by atoms with Crippen LogP contribution in [-0.4, -0.2) is 12.9 Å². The molecule has 0 radical (unpaired) electrons. The fourth-order valence-corrected chi connectivity index (χ4v) is 0.372. The molecule has 2 nitrogen and oxygen atoms in total. The third-order valence-corrected chi connectivity index (χ3v) is 1.10. The largest absolute Gasteiger partial charge is 0.377 e. The van der Waals surface area contributed by atoms with Crippen molar-refractivity contribution in [3.8, 4) is 0 Å². The van der Waals surface area contributed by atoms with Crippen LogP contribution in [0.3, 0.4) is 0 Å². The minimum atomic E-state index is 0.916. The maximum Gasteiger partial charge on any atom is 0.0984 e. The standard InChI is InChI=1S/C7H14N2/c1-5-6(2)9-7(3)8-4/h2,5H2,1,3-4H3,(H,8,9). The van der Waals surface area contributed by atoms with Gasteiger partial charge in [0, 0.05) is 12.7 Å². The van der Waals surface area contributed by atoms with Gasteiger partial charge < -0.3 is 5.32 Å². The summed E-state index contributed by atoms with van der Waals surface area (Å²) in [6.45, 7) is 7.69. The molecule has 0 aliphatic rings. The van der Waals surface area contributed by atoms with E-state index >= 15 is 0 Å². The molecule has 1 N–H and O–H groups in total. The molecule has 0 aromatic carbocycles. The van der Waals surface area contributed by atoms with E-state index < -0.39 is 0 Å². The monoisotopic (exact) mass is 126 g/mol. The van der Waals surface area contributed by atoms with Gasteiger partial charge in [-0.25, -0.2) is 4.99 Å². The molecule has 9 heavy (non-hydrogen) atoms. The van der Waals surface area contributed by atoms with Gasteiger partial charge in [-0.3, -0.25) is 0 Å². The van der Waals surface area contributed by atoms with E-state index in [1.165, 1.54) is 0 Å². The number of hydrogen-bond donors (Lipinski definition) is 1. The molecular formula is C7H14N2. The predicted molar refractivity (Wildman–Crippen MR) is 41.6 cm³/mol. The molecule has 0 unspecified atom stereocenters. The molecule has 0 rings (SSSR count). The number of allylic oxidation sites excluding steroid dienone is 1. The Labute approximate surface area is 56.7 Å². The molecule has 0 amide bonds. The molecule has 0 saturated heterocycles. The van der Waals surface area contributed by atoms with Gasteiger partial charge in [-0.1, -0.05) is 13.5 Å². The van der Waals surface area contributed by atoms with Crippen LogP contribution < -0.4 is 5.32 Å². The van der Waals surface area contributed by atoms with Gasteiger partial charge in [0.1, 0.15) is 0 Å². The summed E-state index contributed by atoms with van der Waals surface area (Å²) >= 11 is 0. The van der Waals surface area contributed by atoms with Crippen molar-refractivity contribution in [1.29, 1.82) is 0 Å². The number of nitrogens with zero attached hydrogens (tertiary/aromatic N) is 1. The van der Waals surface area contributed by atoms with Crippen LogP contribution in [0.15, 0.2) is 17.3 Å². The fourth-order valence-electron chi connectivity index (χ4n) is 0.372. The van der Waals surface area contributed by atoms with Crippen LogP contribution in [0, 0.1) is 0 Å². The summed E-state index contributed by atoms with van der Waals surface area (Å²) in [6.07, 6.45) is 0.916. The summed E-state index contributed by atoms with van der Waals surface area (Å²) in [5.74, 6) is 0.918. The maximum atomic E-state index is 4.12. The van der Waals surface area contributed by atoms with Gasteiger partial charge in [-0.2, -0.15) is 0 Å². The Balaban J connectivity index is 3.79. The van der Waals surface area contributed by atoms with E-state index in [9.17, 15) is 0 Å². The lowest BCUT2D eigenvalue weighted by Gasteiger charge is -1.97. The van der Waals surface area contributed by atoms with Crippen molar-refractivity contribution in [2.45, 2.75) is 20.3 Å². The number of nitrogens with one attached hydrogen (secondary N) is 1.